The largest absolute Gasteiger partial charge is 0.383 e. The first-order valence-corrected chi connectivity index (χ1v) is 7.63. The molecule has 0 saturated carbocycles. The van der Waals surface area contributed by atoms with E-state index in [1.807, 2.05) is 35.6 Å². The lowest BCUT2D eigenvalue weighted by atomic mass is 10.0. The minimum atomic E-state index is -4.62. The second-order valence-corrected chi connectivity index (χ2v) is 5.75. The molecule has 1 saturated heterocycles. The summed E-state index contributed by atoms with van der Waals surface area (Å²) >= 11 is 0. The van der Waals surface area contributed by atoms with Gasteiger partial charge in [0, 0.05) is 25.7 Å². The molecule has 0 bridgehead atoms. The summed E-state index contributed by atoms with van der Waals surface area (Å²) in [6.45, 7) is 2.15. The Labute approximate surface area is 132 Å². The van der Waals surface area contributed by atoms with Crippen molar-refractivity contribution in [3.05, 3.63) is 35.9 Å². The highest BCUT2D eigenvalue weighted by Gasteiger charge is 2.49. The van der Waals surface area contributed by atoms with Crippen LogP contribution in [0.25, 0.3) is 0 Å². The number of hydrogen-bond acceptors (Lipinski definition) is 2. The SMILES string of the molecule is O=C(NC1CCN(CCc2ccccc2)CC1)C(F)(F)C(F)F. The number of halogens is 4. The molecule has 1 fully saturated rings. The Kier molecular flexibility index (Phi) is 5.98. The number of alkyl halides is 4. The third kappa shape index (κ3) is 4.92. The lowest BCUT2D eigenvalue weighted by molar-refractivity contribution is -0.170. The molecule has 1 aliphatic rings. The first kappa shape index (κ1) is 17.7. The van der Waals surface area contributed by atoms with E-state index in [0.717, 1.165) is 13.0 Å². The van der Waals surface area contributed by atoms with Gasteiger partial charge in [-0.1, -0.05) is 30.3 Å². The Bertz CT molecular complexity index is 502. The van der Waals surface area contributed by atoms with Gasteiger partial charge >= 0.3 is 12.3 Å². The van der Waals surface area contributed by atoms with Crippen molar-refractivity contribution in [2.24, 2.45) is 0 Å². The van der Waals surface area contributed by atoms with Crippen molar-refractivity contribution < 1.29 is 22.4 Å². The smallest absolute Gasteiger partial charge is 0.348 e. The molecule has 0 aliphatic carbocycles. The van der Waals surface area contributed by atoms with E-state index < -0.39 is 24.3 Å². The van der Waals surface area contributed by atoms with Crippen molar-refractivity contribution in [3.8, 4) is 0 Å². The molecule has 0 spiro atoms. The van der Waals surface area contributed by atoms with Gasteiger partial charge in [-0.15, -0.1) is 0 Å². The number of piperidine rings is 1. The first-order chi connectivity index (χ1) is 10.9. The summed E-state index contributed by atoms with van der Waals surface area (Å²) in [6, 6.07) is 9.51. The normalized spacial score (nSPS) is 17.4. The van der Waals surface area contributed by atoms with Crippen molar-refractivity contribution in [2.75, 3.05) is 19.6 Å². The number of nitrogens with one attached hydrogen (secondary N) is 1. The molecule has 1 aliphatic heterocycles. The second-order valence-electron chi connectivity index (χ2n) is 5.75. The molecule has 3 nitrogen and oxygen atoms in total. The molecule has 128 valence electrons. The molecule has 1 aromatic rings. The van der Waals surface area contributed by atoms with Gasteiger partial charge in [0.25, 0.3) is 5.91 Å². The highest BCUT2D eigenvalue weighted by molar-refractivity contribution is 5.84. The number of rotatable bonds is 6. The highest BCUT2D eigenvalue weighted by Crippen LogP contribution is 2.23. The van der Waals surface area contributed by atoms with Crippen LogP contribution in [0.3, 0.4) is 0 Å². The molecular formula is C16H20F4N2O. The molecule has 0 radical (unpaired) electrons. The molecule has 0 aromatic heterocycles. The summed E-state index contributed by atoms with van der Waals surface area (Å²) in [5, 5.41) is 2.04. The maximum absolute atomic E-state index is 12.9. The van der Waals surface area contributed by atoms with E-state index in [9.17, 15) is 22.4 Å². The van der Waals surface area contributed by atoms with Crippen molar-refractivity contribution in [1.82, 2.24) is 10.2 Å². The molecule has 1 heterocycles. The van der Waals surface area contributed by atoms with E-state index in [1.54, 1.807) is 0 Å². The van der Waals surface area contributed by atoms with Crippen molar-refractivity contribution in [3.63, 3.8) is 0 Å². The van der Waals surface area contributed by atoms with Crippen LogP contribution in [0.1, 0.15) is 18.4 Å². The third-order valence-electron chi connectivity index (χ3n) is 4.06. The topological polar surface area (TPSA) is 32.3 Å². The molecule has 7 heteroatoms. The summed E-state index contributed by atoms with van der Waals surface area (Å²) in [5.41, 5.74) is 1.22. The van der Waals surface area contributed by atoms with Gasteiger partial charge in [0.05, 0.1) is 0 Å². The van der Waals surface area contributed by atoms with E-state index in [2.05, 4.69) is 4.90 Å². The fourth-order valence-corrected chi connectivity index (χ4v) is 2.61. The Balaban J connectivity index is 1.73. The molecule has 1 N–H and O–H groups in total. The standard InChI is InChI=1S/C16H20F4N2O/c17-14(18)16(19,20)15(23)21-13-7-10-22(11-8-13)9-6-12-4-2-1-3-5-12/h1-5,13-14H,6-11H2,(H,21,23). The van der Waals surface area contributed by atoms with Crippen molar-refractivity contribution in [1.29, 1.82) is 0 Å². The van der Waals surface area contributed by atoms with Gasteiger partial charge < -0.3 is 10.2 Å². The number of nitrogens with zero attached hydrogens (tertiary/aromatic N) is 1. The first-order valence-electron chi connectivity index (χ1n) is 7.63. The van der Waals surface area contributed by atoms with Crippen molar-refractivity contribution >= 4 is 5.91 Å². The predicted molar refractivity (Wildman–Crippen MR) is 78.7 cm³/mol. The maximum atomic E-state index is 12.9. The minimum Gasteiger partial charge on any atom is -0.348 e. The van der Waals surface area contributed by atoms with Gasteiger partial charge in [-0.2, -0.15) is 8.78 Å². The second kappa shape index (κ2) is 7.77. The van der Waals surface area contributed by atoms with Crippen LogP contribution in [-0.2, 0) is 11.2 Å². The Morgan fingerprint density at radius 1 is 1.22 bits per heavy atom. The monoisotopic (exact) mass is 332 g/mol. The van der Waals surface area contributed by atoms with Crippen LogP contribution in [0.5, 0.6) is 0 Å². The molecule has 2 rings (SSSR count). The zero-order chi connectivity index (χ0) is 16.9. The molecule has 0 atom stereocenters. The van der Waals surface area contributed by atoms with E-state index in [-0.39, 0.29) is 0 Å². The van der Waals surface area contributed by atoms with Gasteiger partial charge in [-0.05, 0) is 24.8 Å². The van der Waals surface area contributed by atoms with E-state index in [4.69, 9.17) is 0 Å². The third-order valence-corrected chi connectivity index (χ3v) is 4.06. The van der Waals surface area contributed by atoms with Crippen LogP contribution in [0, 0.1) is 0 Å². The Morgan fingerprint density at radius 2 is 1.83 bits per heavy atom. The van der Waals surface area contributed by atoms with E-state index >= 15 is 0 Å². The van der Waals surface area contributed by atoms with Gasteiger partial charge in [0.1, 0.15) is 0 Å². The molecular weight excluding hydrogens is 312 g/mol. The highest BCUT2D eigenvalue weighted by atomic mass is 19.3. The fraction of sp³-hybridized carbons (Fsp3) is 0.562. The number of carbonyl (C=O) groups excluding carboxylic acids is 1. The molecule has 1 aromatic carbocycles. The quantitative estimate of drug-likeness (QED) is 0.813. The predicted octanol–water partition coefficient (Wildman–Crippen LogP) is 2.71. The Morgan fingerprint density at radius 3 is 2.39 bits per heavy atom. The number of hydrogen-bond donors (Lipinski definition) is 1. The molecule has 23 heavy (non-hydrogen) atoms. The molecule has 0 unspecified atom stereocenters. The average Bonchev–Trinajstić information content (AvgIpc) is 2.55. The van der Waals surface area contributed by atoms with Crippen LogP contribution in [0.4, 0.5) is 17.6 Å². The zero-order valence-electron chi connectivity index (χ0n) is 12.7. The van der Waals surface area contributed by atoms with Crippen LogP contribution in [0.2, 0.25) is 0 Å². The van der Waals surface area contributed by atoms with Crippen LogP contribution >= 0.6 is 0 Å². The fourth-order valence-electron chi connectivity index (χ4n) is 2.61. The summed E-state index contributed by atoms with van der Waals surface area (Å²) in [4.78, 5) is 13.4. The lowest BCUT2D eigenvalue weighted by Gasteiger charge is -2.33. The maximum Gasteiger partial charge on any atom is 0.383 e. The Hall–Kier alpha value is -1.63. The summed E-state index contributed by atoms with van der Waals surface area (Å²) in [7, 11) is 0. The number of benzene rings is 1. The number of carbonyl (C=O) groups is 1. The van der Waals surface area contributed by atoms with Crippen LogP contribution < -0.4 is 5.32 Å². The van der Waals surface area contributed by atoms with E-state index in [0.29, 0.717) is 25.9 Å². The minimum absolute atomic E-state index is 0.472. The van der Waals surface area contributed by atoms with Crippen LogP contribution in [-0.4, -0.2) is 48.8 Å². The summed E-state index contributed by atoms with van der Waals surface area (Å²) in [6.07, 6.45) is -2.12. The average molecular weight is 332 g/mol. The number of amides is 1. The van der Waals surface area contributed by atoms with Crippen LogP contribution in [0.15, 0.2) is 30.3 Å². The molecule has 1 amide bonds. The van der Waals surface area contributed by atoms with Gasteiger partial charge in [0.2, 0.25) is 0 Å². The summed E-state index contributed by atoms with van der Waals surface area (Å²) < 4.78 is 50.1. The van der Waals surface area contributed by atoms with Gasteiger partial charge in [-0.3, -0.25) is 4.79 Å². The zero-order valence-corrected chi connectivity index (χ0v) is 12.7. The summed E-state index contributed by atoms with van der Waals surface area (Å²) in [5.74, 6) is -6.50. The van der Waals surface area contributed by atoms with Gasteiger partial charge in [-0.25, -0.2) is 8.78 Å². The van der Waals surface area contributed by atoms with E-state index in [1.165, 1.54) is 5.56 Å². The lowest BCUT2D eigenvalue weighted by Crippen LogP contribution is -2.52. The van der Waals surface area contributed by atoms with Gasteiger partial charge in [0.15, 0.2) is 0 Å². The number of likely N-dealkylation sites (tertiary alicyclic amines) is 1. The van der Waals surface area contributed by atoms with Crippen molar-refractivity contribution in [2.45, 2.75) is 37.7 Å².